The second-order valence-corrected chi connectivity index (χ2v) is 7.75. The molecule has 3 nitrogen and oxygen atoms in total. The Bertz CT molecular complexity index is 812. The summed E-state index contributed by atoms with van der Waals surface area (Å²) in [4.78, 5) is 12.8. The number of carbonyl (C=O) groups is 1. The highest BCUT2D eigenvalue weighted by atomic mass is 16.5. The summed E-state index contributed by atoms with van der Waals surface area (Å²) in [6.07, 6.45) is 5.03. The molecule has 2 aromatic rings. The van der Waals surface area contributed by atoms with Crippen molar-refractivity contribution in [2.45, 2.75) is 71.9 Å². The second-order valence-electron chi connectivity index (χ2n) is 7.75. The number of amides is 1. The van der Waals surface area contributed by atoms with Crippen molar-refractivity contribution in [1.29, 1.82) is 0 Å². The van der Waals surface area contributed by atoms with Crippen molar-refractivity contribution in [3.8, 4) is 5.75 Å². The third kappa shape index (κ3) is 4.71. The summed E-state index contributed by atoms with van der Waals surface area (Å²) < 4.78 is 6.05. The van der Waals surface area contributed by atoms with Crippen molar-refractivity contribution >= 4 is 5.91 Å². The van der Waals surface area contributed by atoms with Crippen LogP contribution in [0.15, 0.2) is 36.4 Å². The van der Waals surface area contributed by atoms with Gasteiger partial charge in [-0.3, -0.25) is 4.79 Å². The van der Waals surface area contributed by atoms with Crippen LogP contribution in [0.25, 0.3) is 0 Å². The first-order chi connectivity index (χ1) is 13.0. The molecule has 1 aliphatic rings. The van der Waals surface area contributed by atoms with Gasteiger partial charge in [-0.1, -0.05) is 37.3 Å². The fourth-order valence-electron chi connectivity index (χ4n) is 3.72. The van der Waals surface area contributed by atoms with Crippen LogP contribution in [0.2, 0.25) is 0 Å². The van der Waals surface area contributed by atoms with Gasteiger partial charge in [0.2, 0.25) is 0 Å². The Balaban J connectivity index is 1.68. The molecule has 0 saturated carbocycles. The maximum absolute atomic E-state index is 12.8. The molecule has 2 atom stereocenters. The Hall–Kier alpha value is -2.29. The largest absolute Gasteiger partial charge is 0.480 e. The zero-order chi connectivity index (χ0) is 19.4. The number of benzene rings is 2. The van der Waals surface area contributed by atoms with Gasteiger partial charge < -0.3 is 10.1 Å². The summed E-state index contributed by atoms with van der Waals surface area (Å²) in [5, 5.41) is 3.14. The molecular formula is C24H31NO2. The molecular weight excluding hydrogens is 334 g/mol. The fourth-order valence-corrected chi connectivity index (χ4v) is 3.72. The predicted molar refractivity (Wildman–Crippen MR) is 110 cm³/mol. The SMILES string of the molecule is CC[C@H](Oc1cc(C)ccc1C)C(=O)N[C@@H](C)c1ccc2c(c1)CCCC2. The number of hydrogen-bond acceptors (Lipinski definition) is 2. The number of carbonyl (C=O) groups excluding carboxylic acids is 1. The predicted octanol–water partition coefficient (Wildman–Crippen LogP) is 5.22. The Morgan fingerprint density at radius 3 is 2.56 bits per heavy atom. The van der Waals surface area contributed by atoms with Crippen LogP contribution in [0.3, 0.4) is 0 Å². The van der Waals surface area contributed by atoms with Gasteiger partial charge in [-0.25, -0.2) is 0 Å². The highest BCUT2D eigenvalue weighted by Gasteiger charge is 2.22. The van der Waals surface area contributed by atoms with E-state index >= 15 is 0 Å². The molecule has 1 amide bonds. The van der Waals surface area contributed by atoms with E-state index in [0.717, 1.165) is 23.3 Å². The molecule has 1 N–H and O–H groups in total. The Morgan fingerprint density at radius 2 is 1.81 bits per heavy atom. The molecule has 0 spiro atoms. The van der Waals surface area contributed by atoms with Crippen LogP contribution < -0.4 is 10.1 Å². The third-order valence-corrected chi connectivity index (χ3v) is 5.51. The first-order valence-electron chi connectivity index (χ1n) is 10.1. The maximum atomic E-state index is 12.8. The van der Waals surface area contributed by atoms with Crippen molar-refractivity contribution in [3.05, 3.63) is 64.2 Å². The number of fused-ring (bicyclic) bond motifs is 1. The molecule has 0 fully saturated rings. The minimum Gasteiger partial charge on any atom is -0.480 e. The molecule has 0 radical (unpaired) electrons. The highest BCUT2D eigenvalue weighted by molar-refractivity contribution is 5.81. The lowest BCUT2D eigenvalue weighted by Crippen LogP contribution is -2.39. The summed E-state index contributed by atoms with van der Waals surface area (Å²) in [5.41, 5.74) is 6.26. The van der Waals surface area contributed by atoms with Gasteiger partial charge in [0.1, 0.15) is 5.75 Å². The number of nitrogens with one attached hydrogen (secondary N) is 1. The number of hydrogen-bond donors (Lipinski definition) is 1. The average molecular weight is 366 g/mol. The summed E-state index contributed by atoms with van der Waals surface area (Å²) >= 11 is 0. The Morgan fingerprint density at radius 1 is 1.07 bits per heavy atom. The van der Waals surface area contributed by atoms with Crippen LogP contribution in [0.4, 0.5) is 0 Å². The van der Waals surface area contributed by atoms with E-state index in [-0.39, 0.29) is 11.9 Å². The molecule has 0 aromatic heterocycles. The van der Waals surface area contributed by atoms with E-state index in [1.807, 2.05) is 39.8 Å². The van der Waals surface area contributed by atoms with E-state index in [9.17, 15) is 4.79 Å². The molecule has 144 valence electrons. The van der Waals surface area contributed by atoms with Gasteiger partial charge in [0.15, 0.2) is 6.10 Å². The van der Waals surface area contributed by atoms with E-state index in [2.05, 4.69) is 29.6 Å². The van der Waals surface area contributed by atoms with Gasteiger partial charge in [-0.2, -0.15) is 0 Å². The van der Waals surface area contributed by atoms with E-state index in [1.165, 1.54) is 36.0 Å². The van der Waals surface area contributed by atoms with Crippen LogP contribution in [-0.2, 0) is 17.6 Å². The van der Waals surface area contributed by atoms with Gasteiger partial charge in [-0.15, -0.1) is 0 Å². The first-order valence-corrected chi connectivity index (χ1v) is 10.1. The fraction of sp³-hybridized carbons (Fsp3) is 0.458. The lowest BCUT2D eigenvalue weighted by molar-refractivity contribution is -0.128. The number of ether oxygens (including phenoxy) is 1. The minimum absolute atomic E-state index is 0.0269. The summed E-state index contributed by atoms with van der Waals surface area (Å²) in [5.74, 6) is 0.738. The van der Waals surface area contributed by atoms with Gasteiger partial charge in [0.25, 0.3) is 5.91 Å². The quantitative estimate of drug-likeness (QED) is 0.762. The van der Waals surface area contributed by atoms with E-state index in [1.54, 1.807) is 0 Å². The lowest BCUT2D eigenvalue weighted by Gasteiger charge is -2.23. The van der Waals surface area contributed by atoms with Crippen molar-refractivity contribution in [3.63, 3.8) is 0 Å². The molecule has 27 heavy (non-hydrogen) atoms. The van der Waals surface area contributed by atoms with Crippen LogP contribution in [0.1, 0.15) is 67.0 Å². The monoisotopic (exact) mass is 365 g/mol. The van der Waals surface area contributed by atoms with Crippen LogP contribution >= 0.6 is 0 Å². The molecule has 2 aromatic carbocycles. The standard InChI is InChI=1S/C24H31NO2/c1-5-22(27-23-14-16(2)10-11-17(23)3)24(26)25-18(4)20-13-12-19-8-6-7-9-21(19)15-20/h10-15,18,22H,5-9H2,1-4H3,(H,25,26)/t18-,22-/m0/s1. The summed E-state index contributed by atoms with van der Waals surface area (Å²) in [6, 6.07) is 12.7. The summed E-state index contributed by atoms with van der Waals surface area (Å²) in [6.45, 7) is 8.08. The normalized spacial score (nSPS) is 15.6. The van der Waals surface area contributed by atoms with Crippen molar-refractivity contribution in [1.82, 2.24) is 5.32 Å². The zero-order valence-corrected chi connectivity index (χ0v) is 17.0. The van der Waals surface area contributed by atoms with Crippen molar-refractivity contribution < 1.29 is 9.53 Å². The first kappa shape index (κ1) is 19.5. The maximum Gasteiger partial charge on any atom is 0.261 e. The van der Waals surface area contributed by atoms with E-state index < -0.39 is 6.10 Å². The topological polar surface area (TPSA) is 38.3 Å². The molecule has 0 aliphatic heterocycles. The van der Waals surface area contributed by atoms with Gasteiger partial charge in [0.05, 0.1) is 6.04 Å². The van der Waals surface area contributed by atoms with E-state index in [4.69, 9.17) is 4.74 Å². The van der Waals surface area contributed by atoms with Gasteiger partial charge in [-0.05, 0) is 86.8 Å². The Labute approximate surface area is 163 Å². The van der Waals surface area contributed by atoms with Crippen LogP contribution in [-0.4, -0.2) is 12.0 Å². The molecule has 0 unspecified atom stereocenters. The molecule has 0 saturated heterocycles. The zero-order valence-electron chi connectivity index (χ0n) is 17.0. The highest BCUT2D eigenvalue weighted by Crippen LogP contribution is 2.25. The molecule has 3 rings (SSSR count). The lowest BCUT2D eigenvalue weighted by atomic mass is 9.89. The van der Waals surface area contributed by atoms with Crippen molar-refractivity contribution in [2.24, 2.45) is 0 Å². The summed E-state index contributed by atoms with van der Waals surface area (Å²) in [7, 11) is 0. The number of rotatable bonds is 6. The molecule has 1 aliphatic carbocycles. The van der Waals surface area contributed by atoms with E-state index in [0.29, 0.717) is 6.42 Å². The van der Waals surface area contributed by atoms with Gasteiger partial charge in [0, 0.05) is 0 Å². The van der Waals surface area contributed by atoms with Crippen LogP contribution in [0.5, 0.6) is 5.75 Å². The second kappa shape index (κ2) is 8.60. The average Bonchev–Trinajstić information content (AvgIpc) is 2.68. The van der Waals surface area contributed by atoms with Crippen LogP contribution in [0, 0.1) is 13.8 Å². The van der Waals surface area contributed by atoms with Crippen molar-refractivity contribution in [2.75, 3.05) is 0 Å². The molecule has 0 bridgehead atoms. The molecule has 0 heterocycles. The Kier molecular flexibility index (Phi) is 6.20. The molecule has 3 heteroatoms. The third-order valence-electron chi connectivity index (χ3n) is 5.51. The smallest absolute Gasteiger partial charge is 0.261 e. The van der Waals surface area contributed by atoms with Gasteiger partial charge >= 0.3 is 0 Å². The number of aryl methyl sites for hydroxylation is 4. The minimum atomic E-state index is -0.481.